The summed E-state index contributed by atoms with van der Waals surface area (Å²) in [4.78, 5) is 12.2. The standard InChI is InChI=1S/C28H35N5O/c1-4-28(3,5-2)18-34-22-10-11-24-23(17-22)30-19-33(24)26-12-9-20-7-6-8-25(27(20)31-26)32-15-13-21(29)14-16-32/h6-12,17,19,21H,4-5,13-16,18,29H2,1-3H3. The third-order valence-electron chi connectivity index (χ3n) is 7.62. The lowest BCUT2D eigenvalue weighted by molar-refractivity contribution is 0.152. The third-order valence-corrected chi connectivity index (χ3v) is 7.62. The molecule has 2 aromatic heterocycles. The second-order valence-electron chi connectivity index (χ2n) is 9.91. The first-order valence-electron chi connectivity index (χ1n) is 12.5. The van der Waals surface area contributed by atoms with Crippen molar-refractivity contribution in [2.75, 3.05) is 24.6 Å². The van der Waals surface area contributed by atoms with Gasteiger partial charge >= 0.3 is 0 Å². The Hall–Kier alpha value is -3.12. The fourth-order valence-electron chi connectivity index (χ4n) is 4.63. The largest absolute Gasteiger partial charge is 0.493 e. The van der Waals surface area contributed by atoms with E-state index < -0.39 is 0 Å². The van der Waals surface area contributed by atoms with E-state index in [2.05, 4.69) is 71.6 Å². The van der Waals surface area contributed by atoms with Gasteiger partial charge < -0.3 is 15.4 Å². The summed E-state index contributed by atoms with van der Waals surface area (Å²) in [6, 6.07) is 17.1. The molecule has 1 aliphatic heterocycles. The fraction of sp³-hybridized carbons (Fsp3) is 0.429. The van der Waals surface area contributed by atoms with Crippen LogP contribution in [0.4, 0.5) is 5.69 Å². The van der Waals surface area contributed by atoms with Crippen molar-refractivity contribution >= 4 is 27.6 Å². The molecule has 0 spiro atoms. The van der Waals surface area contributed by atoms with E-state index in [0.717, 1.165) is 72.3 Å². The molecule has 1 fully saturated rings. The third kappa shape index (κ3) is 4.34. The number of aromatic nitrogens is 3. The number of ether oxygens (including phenoxy) is 1. The van der Waals surface area contributed by atoms with Gasteiger partial charge in [0.2, 0.25) is 0 Å². The van der Waals surface area contributed by atoms with E-state index in [4.69, 9.17) is 15.5 Å². The van der Waals surface area contributed by atoms with Gasteiger partial charge in [0.1, 0.15) is 17.9 Å². The zero-order valence-corrected chi connectivity index (χ0v) is 20.5. The van der Waals surface area contributed by atoms with Gasteiger partial charge in [-0.25, -0.2) is 9.97 Å². The number of piperidine rings is 1. The zero-order valence-electron chi connectivity index (χ0n) is 20.5. The van der Waals surface area contributed by atoms with Gasteiger partial charge in [-0.1, -0.05) is 32.9 Å². The van der Waals surface area contributed by atoms with Crippen LogP contribution in [0.1, 0.15) is 46.5 Å². The van der Waals surface area contributed by atoms with Crippen LogP contribution in [0, 0.1) is 5.41 Å². The van der Waals surface area contributed by atoms with Crippen LogP contribution in [0.15, 0.2) is 54.9 Å². The van der Waals surface area contributed by atoms with Crippen LogP contribution in [-0.2, 0) is 0 Å². The summed E-state index contributed by atoms with van der Waals surface area (Å²) in [5.41, 5.74) is 10.5. The molecule has 0 saturated carbocycles. The zero-order chi connectivity index (χ0) is 23.7. The van der Waals surface area contributed by atoms with Gasteiger partial charge in [-0.15, -0.1) is 0 Å². The maximum atomic E-state index is 6.14. The highest BCUT2D eigenvalue weighted by molar-refractivity contribution is 5.92. The van der Waals surface area contributed by atoms with Crippen LogP contribution in [0.3, 0.4) is 0 Å². The Kier molecular flexibility index (Phi) is 6.17. The second-order valence-corrected chi connectivity index (χ2v) is 9.91. The number of pyridine rings is 1. The van der Waals surface area contributed by atoms with E-state index in [1.54, 1.807) is 0 Å². The molecule has 0 unspecified atom stereocenters. The number of hydrogen-bond acceptors (Lipinski definition) is 5. The molecule has 0 radical (unpaired) electrons. The van der Waals surface area contributed by atoms with Crippen molar-refractivity contribution in [3.63, 3.8) is 0 Å². The summed E-state index contributed by atoms with van der Waals surface area (Å²) in [6.07, 6.45) is 6.08. The molecule has 1 aliphatic rings. The minimum Gasteiger partial charge on any atom is -0.493 e. The normalized spacial score (nSPS) is 15.4. The van der Waals surface area contributed by atoms with E-state index in [0.29, 0.717) is 12.6 Å². The summed E-state index contributed by atoms with van der Waals surface area (Å²) in [5.74, 6) is 1.73. The van der Waals surface area contributed by atoms with Crippen LogP contribution < -0.4 is 15.4 Å². The molecular weight excluding hydrogens is 422 g/mol. The summed E-state index contributed by atoms with van der Waals surface area (Å²) < 4.78 is 8.20. The first-order valence-corrected chi connectivity index (χ1v) is 12.5. The number of nitrogens with zero attached hydrogens (tertiary/aromatic N) is 4. The van der Waals surface area contributed by atoms with E-state index in [-0.39, 0.29) is 5.41 Å². The SMILES string of the molecule is CCC(C)(CC)COc1ccc2c(c1)ncn2-c1ccc2cccc(N3CCC(N)CC3)c2n1. The highest BCUT2D eigenvalue weighted by atomic mass is 16.5. The topological polar surface area (TPSA) is 69.2 Å². The number of para-hydroxylation sites is 1. The monoisotopic (exact) mass is 457 g/mol. The average molecular weight is 458 g/mol. The quantitative estimate of drug-likeness (QED) is 0.385. The number of hydrogen-bond donors (Lipinski definition) is 1. The van der Waals surface area contributed by atoms with Crippen LogP contribution in [0.25, 0.3) is 27.8 Å². The molecule has 6 heteroatoms. The molecule has 0 atom stereocenters. The van der Waals surface area contributed by atoms with E-state index >= 15 is 0 Å². The van der Waals surface area contributed by atoms with Crippen molar-refractivity contribution in [2.45, 2.75) is 52.5 Å². The van der Waals surface area contributed by atoms with E-state index in [1.807, 2.05) is 18.5 Å². The Balaban J connectivity index is 1.46. The molecule has 2 aromatic carbocycles. The van der Waals surface area contributed by atoms with E-state index in [9.17, 15) is 0 Å². The van der Waals surface area contributed by atoms with Gasteiger partial charge in [0.15, 0.2) is 0 Å². The predicted octanol–water partition coefficient (Wildman–Crippen LogP) is 5.71. The Morgan fingerprint density at radius 1 is 1.06 bits per heavy atom. The molecule has 6 nitrogen and oxygen atoms in total. The summed E-state index contributed by atoms with van der Waals surface area (Å²) in [5, 5.41) is 1.14. The summed E-state index contributed by atoms with van der Waals surface area (Å²) in [6.45, 7) is 9.37. The van der Waals surface area contributed by atoms with Crippen molar-refractivity contribution in [3.05, 3.63) is 54.9 Å². The molecule has 0 bridgehead atoms. The molecular formula is C28H35N5O. The number of anilines is 1. The number of fused-ring (bicyclic) bond motifs is 2. The van der Waals surface area contributed by atoms with Gasteiger partial charge in [-0.2, -0.15) is 0 Å². The average Bonchev–Trinajstić information content (AvgIpc) is 3.30. The summed E-state index contributed by atoms with van der Waals surface area (Å²) in [7, 11) is 0. The Bertz CT molecular complexity index is 1280. The first kappa shape index (κ1) is 22.7. The molecule has 4 aromatic rings. The van der Waals surface area contributed by atoms with Gasteiger partial charge in [0.25, 0.3) is 0 Å². The minimum atomic E-state index is 0.195. The molecule has 34 heavy (non-hydrogen) atoms. The lowest BCUT2D eigenvalue weighted by Crippen LogP contribution is -2.39. The van der Waals surface area contributed by atoms with Crippen molar-refractivity contribution in [2.24, 2.45) is 11.1 Å². The molecule has 2 N–H and O–H groups in total. The molecule has 0 amide bonds. The molecule has 3 heterocycles. The van der Waals surface area contributed by atoms with Crippen LogP contribution >= 0.6 is 0 Å². The van der Waals surface area contributed by atoms with Gasteiger partial charge in [-0.05, 0) is 56.0 Å². The summed E-state index contributed by atoms with van der Waals surface area (Å²) >= 11 is 0. The highest BCUT2D eigenvalue weighted by Crippen LogP contribution is 2.31. The highest BCUT2D eigenvalue weighted by Gasteiger charge is 2.21. The lowest BCUT2D eigenvalue weighted by atomic mass is 9.86. The number of benzene rings is 2. The predicted molar refractivity (Wildman–Crippen MR) is 140 cm³/mol. The molecule has 5 rings (SSSR count). The van der Waals surface area contributed by atoms with Crippen molar-refractivity contribution < 1.29 is 4.74 Å². The van der Waals surface area contributed by atoms with Gasteiger partial charge in [0.05, 0.1) is 28.8 Å². The molecule has 1 saturated heterocycles. The van der Waals surface area contributed by atoms with Crippen molar-refractivity contribution in [1.82, 2.24) is 14.5 Å². The Morgan fingerprint density at radius 2 is 1.85 bits per heavy atom. The van der Waals surface area contributed by atoms with Crippen LogP contribution in [0.5, 0.6) is 5.75 Å². The van der Waals surface area contributed by atoms with Gasteiger partial charge in [0, 0.05) is 36.0 Å². The minimum absolute atomic E-state index is 0.195. The second kappa shape index (κ2) is 9.26. The van der Waals surface area contributed by atoms with Crippen molar-refractivity contribution in [1.29, 1.82) is 0 Å². The maximum Gasteiger partial charge on any atom is 0.139 e. The van der Waals surface area contributed by atoms with E-state index in [1.165, 1.54) is 5.69 Å². The molecule has 178 valence electrons. The maximum absolute atomic E-state index is 6.14. The Labute approximate surface area is 201 Å². The van der Waals surface area contributed by atoms with Crippen LogP contribution in [0.2, 0.25) is 0 Å². The number of nitrogens with two attached hydrogens (primary N) is 1. The van der Waals surface area contributed by atoms with Crippen LogP contribution in [-0.4, -0.2) is 40.3 Å². The number of rotatable bonds is 7. The first-order chi connectivity index (χ1) is 16.5. The Morgan fingerprint density at radius 3 is 2.62 bits per heavy atom. The van der Waals surface area contributed by atoms with Gasteiger partial charge in [-0.3, -0.25) is 4.57 Å². The lowest BCUT2D eigenvalue weighted by Gasteiger charge is -2.32. The fourth-order valence-corrected chi connectivity index (χ4v) is 4.63. The molecule has 0 aliphatic carbocycles. The van der Waals surface area contributed by atoms with Crippen molar-refractivity contribution in [3.8, 4) is 11.6 Å². The number of imidazole rings is 1. The smallest absolute Gasteiger partial charge is 0.139 e.